The Morgan fingerprint density at radius 1 is 0.380 bits per heavy atom. The fourth-order valence-electron chi connectivity index (χ4n) is 6.64. The third-order valence-corrected chi connectivity index (χ3v) is 9.68. The second kappa shape index (κ2) is 13.7. The molecule has 4 heteroatoms. The SMILES string of the molecule is Clc1cccc(-c2ccc(C3(c4cccc(-c5cccc(Cl)c5)c4)C=C(c4ccccc4)N=C(c4ccc(-c5ccccc5)cc4)N3)cc2)c1. The molecule has 1 N–H and O–H groups in total. The van der Waals surface area contributed by atoms with E-state index in [2.05, 4.69) is 145 Å². The number of halogens is 2. The van der Waals surface area contributed by atoms with Crippen LogP contribution in [-0.4, -0.2) is 5.84 Å². The lowest BCUT2D eigenvalue weighted by Gasteiger charge is -2.38. The van der Waals surface area contributed by atoms with E-state index in [0.717, 1.165) is 61.6 Å². The number of benzene rings is 7. The fourth-order valence-corrected chi connectivity index (χ4v) is 7.02. The molecule has 0 spiro atoms. The van der Waals surface area contributed by atoms with Crippen LogP contribution in [0.15, 0.2) is 193 Å². The monoisotopic (exact) mass is 682 g/mol. The van der Waals surface area contributed by atoms with Gasteiger partial charge in [0.05, 0.1) is 5.70 Å². The third-order valence-electron chi connectivity index (χ3n) is 9.21. The molecule has 2 nitrogen and oxygen atoms in total. The number of hydrogen-bond acceptors (Lipinski definition) is 2. The summed E-state index contributed by atoms with van der Waals surface area (Å²) in [5.41, 5.74) is 10.9. The van der Waals surface area contributed by atoms with Crippen LogP contribution in [0.3, 0.4) is 0 Å². The maximum Gasteiger partial charge on any atom is 0.135 e. The Kier molecular flexibility index (Phi) is 8.64. The highest BCUT2D eigenvalue weighted by atomic mass is 35.5. The van der Waals surface area contributed by atoms with Crippen LogP contribution in [0.2, 0.25) is 10.0 Å². The van der Waals surface area contributed by atoms with Crippen molar-refractivity contribution in [3.8, 4) is 33.4 Å². The van der Waals surface area contributed by atoms with Crippen LogP contribution in [0.25, 0.3) is 39.1 Å². The molecule has 1 heterocycles. The largest absolute Gasteiger partial charge is 0.353 e. The standard InChI is InChI=1S/C46H32Cl2N2/c47-42-18-8-15-38(29-42)34-24-26-40(27-25-34)46(41-17-7-14-37(28-41)39-16-9-19-43(48)30-39)31-44(35-12-5-2-6-13-35)49-45(50-46)36-22-20-33(21-23-36)32-10-3-1-4-11-32/h1-31H,(H,49,50). The van der Waals surface area contributed by atoms with Gasteiger partial charge in [-0.15, -0.1) is 0 Å². The molecule has 50 heavy (non-hydrogen) atoms. The van der Waals surface area contributed by atoms with E-state index in [1.165, 1.54) is 5.56 Å². The molecule has 0 aromatic heterocycles. The molecule has 0 fully saturated rings. The Balaban J connectivity index is 1.31. The van der Waals surface area contributed by atoms with Crippen molar-refractivity contribution in [1.29, 1.82) is 0 Å². The summed E-state index contributed by atoms with van der Waals surface area (Å²) in [5, 5.41) is 5.38. The van der Waals surface area contributed by atoms with Crippen LogP contribution in [0.5, 0.6) is 0 Å². The quantitative estimate of drug-likeness (QED) is 0.178. The van der Waals surface area contributed by atoms with Crippen LogP contribution < -0.4 is 5.32 Å². The van der Waals surface area contributed by atoms with Gasteiger partial charge < -0.3 is 5.32 Å². The highest BCUT2D eigenvalue weighted by molar-refractivity contribution is 6.31. The van der Waals surface area contributed by atoms with Gasteiger partial charge in [-0.05, 0) is 86.5 Å². The summed E-state index contributed by atoms with van der Waals surface area (Å²) in [4.78, 5) is 5.27. The lowest BCUT2D eigenvalue weighted by atomic mass is 9.78. The van der Waals surface area contributed by atoms with Gasteiger partial charge in [-0.25, -0.2) is 4.99 Å². The molecule has 0 amide bonds. The Hall–Kier alpha value is -5.67. The van der Waals surface area contributed by atoms with E-state index < -0.39 is 5.54 Å². The molecule has 0 aliphatic carbocycles. The summed E-state index contributed by atoms with van der Waals surface area (Å²) < 4.78 is 0. The second-order valence-corrected chi connectivity index (χ2v) is 13.3. The summed E-state index contributed by atoms with van der Waals surface area (Å²) in [5.74, 6) is 0.790. The number of amidine groups is 1. The number of nitrogens with zero attached hydrogens (tertiary/aromatic N) is 1. The number of hydrogen-bond donors (Lipinski definition) is 1. The van der Waals surface area contributed by atoms with E-state index in [1.54, 1.807) is 0 Å². The third kappa shape index (κ3) is 6.40. The first-order valence-electron chi connectivity index (χ1n) is 16.6. The normalized spacial score (nSPS) is 15.5. The highest BCUT2D eigenvalue weighted by Gasteiger charge is 2.37. The molecule has 1 atom stereocenters. The van der Waals surface area contributed by atoms with E-state index in [9.17, 15) is 0 Å². The molecule has 1 aliphatic heterocycles. The summed E-state index contributed by atoms with van der Waals surface area (Å²) in [7, 11) is 0. The van der Waals surface area contributed by atoms with E-state index in [1.807, 2.05) is 48.5 Å². The molecule has 240 valence electrons. The maximum atomic E-state index is 6.46. The predicted molar refractivity (Wildman–Crippen MR) is 211 cm³/mol. The summed E-state index contributed by atoms with van der Waals surface area (Å²) >= 11 is 12.8. The molecule has 0 saturated carbocycles. The van der Waals surface area contributed by atoms with Crippen molar-refractivity contribution in [1.82, 2.24) is 5.32 Å². The molecular formula is C46H32Cl2N2. The summed E-state index contributed by atoms with van der Waals surface area (Å²) in [6.07, 6.45) is 2.26. The summed E-state index contributed by atoms with van der Waals surface area (Å²) in [6.45, 7) is 0. The minimum Gasteiger partial charge on any atom is -0.353 e. The van der Waals surface area contributed by atoms with Gasteiger partial charge in [0.2, 0.25) is 0 Å². The first-order chi connectivity index (χ1) is 24.5. The van der Waals surface area contributed by atoms with E-state index in [4.69, 9.17) is 28.2 Å². The molecule has 7 aromatic carbocycles. The summed E-state index contributed by atoms with van der Waals surface area (Å²) in [6, 6.07) is 62.8. The molecule has 7 aromatic rings. The van der Waals surface area contributed by atoms with E-state index in [0.29, 0.717) is 10.0 Å². The van der Waals surface area contributed by atoms with Crippen molar-refractivity contribution < 1.29 is 0 Å². The van der Waals surface area contributed by atoms with Crippen molar-refractivity contribution in [2.24, 2.45) is 4.99 Å². The van der Waals surface area contributed by atoms with E-state index >= 15 is 0 Å². The smallest absolute Gasteiger partial charge is 0.135 e. The van der Waals surface area contributed by atoms with Gasteiger partial charge in [-0.3, -0.25) is 0 Å². The zero-order valence-corrected chi connectivity index (χ0v) is 28.6. The predicted octanol–water partition coefficient (Wildman–Crippen LogP) is 12.3. The lowest BCUT2D eigenvalue weighted by molar-refractivity contribution is 0.592. The average Bonchev–Trinajstić information content (AvgIpc) is 3.18. The number of aliphatic imine (C=N–C) groups is 1. The van der Waals surface area contributed by atoms with Gasteiger partial charge in [-0.1, -0.05) is 175 Å². The van der Waals surface area contributed by atoms with Crippen molar-refractivity contribution in [3.63, 3.8) is 0 Å². The van der Waals surface area contributed by atoms with Gasteiger partial charge in [0.25, 0.3) is 0 Å². The van der Waals surface area contributed by atoms with Crippen LogP contribution in [0.1, 0.15) is 22.3 Å². The minimum absolute atomic E-state index is 0.703. The van der Waals surface area contributed by atoms with Crippen molar-refractivity contribution in [2.75, 3.05) is 0 Å². The van der Waals surface area contributed by atoms with E-state index in [-0.39, 0.29) is 0 Å². The number of nitrogens with one attached hydrogen (secondary N) is 1. The highest BCUT2D eigenvalue weighted by Crippen LogP contribution is 2.40. The Morgan fingerprint density at radius 2 is 0.840 bits per heavy atom. The average molecular weight is 684 g/mol. The maximum absolute atomic E-state index is 6.46. The van der Waals surface area contributed by atoms with Crippen LogP contribution in [0.4, 0.5) is 0 Å². The zero-order valence-electron chi connectivity index (χ0n) is 27.1. The fraction of sp³-hybridized carbons (Fsp3) is 0.0217. The van der Waals surface area contributed by atoms with Crippen LogP contribution in [-0.2, 0) is 5.54 Å². The molecule has 0 radical (unpaired) electrons. The molecule has 0 saturated heterocycles. The Bertz CT molecular complexity index is 2350. The molecule has 0 bridgehead atoms. The molecule has 8 rings (SSSR count). The van der Waals surface area contributed by atoms with Gasteiger partial charge in [0.1, 0.15) is 11.4 Å². The Morgan fingerprint density at radius 3 is 1.46 bits per heavy atom. The number of rotatable bonds is 7. The molecular weight excluding hydrogens is 651 g/mol. The minimum atomic E-state index is -0.776. The first-order valence-corrected chi connectivity index (χ1v) is 17.3. The van der Waals surface area contributed by atoms with Gasteiger partial charge >= 0.3 is 0 Å². The Labute approximate surface area is 303 Å². The topological polar surface area (TPSA) is 24.4 Å². The lowest BCUT2D eigenvalue weighted by Crippen LogP contribution is -2.47. The molecule has 1 unspecified atom stereocenters. The first kappa shape index (κ1) is 31.6. The zero-order chi connectivity index (χ0) is 33.9. The van der Waals surface area contributed by atoms with Crippen molar-refractivity contribution >= 4 is 34.7 Å². The molecule has 1 aliphatic rings. The van der Waals surface area contributed by atoms with Gasteiger partial charge in [0, 0.05) is 15.6 Å². The van der Waals surface area contributed by atoms with Crippen molar-refractivity contribution in [2.45, 2.75) is 5.54 Å². The van der Waals surface area contributed by atoms with Gasteiger partial charge in [0.15, 0.2) is 0 Å². The van der Waals surface area contributed by atoms with Crippen molar-refractivity contribution in [3.05, 3.63) is 220 Å². The second-order valence-electron chi connectivity index (χ2n) is 12.4. The van der Waals surface area contributed by atoms with Gasteiger partial charge in [-0.2, -0.15) is 0 Å². The van der Waals surface area contributed by atoms with Crippen LogP contribution in [0, 0.1) is 0 Å². The van der Waals surface area contributed by atoms with Crippen LogP contribution >= 0.6 is 23.2 Å².